The topological polar surface area (TPSA) is 41.6 Å². The van der Waals surface area contributed by atoms with Crippen molar-refractivity contribution in [2.75, 3.05) is 38.2 Å². The standard InChI is InChI=1S/C13H17N2O2/c1-11-3-2-4-12(9-11)14-13(16)10-15-5-7-17-8-6-15/h2-4,9H,1,5-8,10H2,(H,14,16). The second-order valence-electron chi connectivity index (χ2n) is 4.14. The zero-order valence-electron chi connectivity index (χ0n) is 9.82. The minimum absolute atomic E-state index is 0.0116. The fourth-order valence-electron chi connectivity index (χ4n) is 1.81. The van der Waals surface area contributed by atoms with E-state index in [0.717, 1.165) is 24.3 Å². The van der Waals surface area contributed by atoms with E-state index >= 15 is 0 Å². The van der Waals surface area contributed by atoms with Gasteiger partial charge >= 0.3 is 0 Å². The smallest absolute Gasteiger partial charge is 0.238 e. The van der Waals surface area contributed by atoms with Gasteiger partial charge in [0.05, 0.1) is 19.8 Å². The van der Waals surface area contributed by atoms with Crippen LogP contribution in [-0.4, -0.2) is 43.7 Å². The second-order valence-corrected chi connectivity index (χ2v) is 4.14. The first-order valence-electron chi connectivity index (χ1n) is 5.76. The van der Waals surface area contributed by atoms with Crippen LogP contribution < -0.4 is 5.32 Å². The molecule has 4 heteroatoms. The summed E-state index contributed by atoms with van der Waals surface area (Å²) >= 11 is 0. The number of hydrogen-bond donors (Lipinski definition) is 1. The van der Waals surface area contributed by atoms with Crippen molar-refractivity contribution in [3.63, 3.8) is 0 Å². The first-order chi connectivity index (χ1) is 8.24. The predicted molar refractivity (Wildman–Crippen MR) is 66.8 cm³/mol. The first kappa shape index (κ1) is 12.1. The van der Waals surface area contributed by atoms with Gasteiger partial charge in [0.25, 0.3) is 0 Å². The van der Waals surface area contributed by atoms with Gasteiger partial charge < -0.3 is 10.1 Å². The molecule has 0 spiro atoms. The quantitative estimate of drug-likeness (QED) is 0.851. The lowest BCUT2D eigenvalue weighted by atomic mass is 10.2. The van der Waals surface area contributed by atoms with E-state index in [9.17, 15) is 4.79 Å². The molecule has 4 nitrogen and oxygen atoms in total. The normalized spacial score (nSPS) is 16.8. The van der Waals surface area contributed by atoms with Crippen LogP contribution >= 0.6 is 0 Å². The molecule has 91 valence electrons. The fraction of sp³-hybridized carbons (Fsp3) is 0.385. The molecule has 1 fully saturated rings. The molecule has 0 atom stereocenters. The molecule has 0 aromatic heterocycles. The summed E-state index contributed by atoms with van der Waals surface area (Å²) in [5.74, 6) is 0.0116. The van der Waals surface area contributed by atoms with Crippen molar-refractivity contribution in [1.29, 1.82) is 0 Å². The molecular formula is C13H17N2O2. The lowest BCUT2D eigenvalue weighted by Gasteiger charge is -2.25. The molecule has 1 aliphatic heterocycles. The summed E-state index contributed by atoms with van der Waals surface area (Å²) < 4.78 is 5.23. The number of rotatable bonds is 3. The van der Waals surface area contributed by atoms with E-state index in [4.69, 9.17) is 4.74 Å². The number of morpholine rings is 1. The van der Waals surface area contributed by atoms with Crippen LogP contribution in [0, 0.1) is 6.92 Å². The van der Waals surface area contributed by atoms with Crippen LogP contribution in [0.2, 0.25) is 0 Å². The van der Waals surface area contributed by atoms with Crippen molar-refractivity contribution in [2.45, 2.75) is 0 Å². The van der Waals surface area contributed by atoms with E-state index < -0.39 is 0 Å². The lowest BCUT2D eigenvalue weighted by Crippen LogP contribution is -2.41. The Kier molecular flexibility index (Phi) is 4.12. The molecule has 1 aromatic rings. The summed E-state index contributed by atoms with van der Waals surface area (Å²) in [4.78, 5) is 13.9. The molecule has 1 amide bonds. The van der Waals surface area contributed by atoms with Crippen LogP contribution in [0.15, 0.2) is 24.3 Å². The molecule has 1 N–H and O–H groups in total. The van der Waals surface area contributed by atoms with Gasteiger partial charge in [0.15, 0.2) is 0 Å². The summed E-state index contributed by atoms with van der Waals surface area (Å²) in [6.07, 6.45) is 0. The van der Waals surface area contributed by atoms with E-state index in [1.165, 1.54) is 0 Å². The first-order valence-corrected chi connectivity index (χ1v) is 5.76. The highest BCUT2D eigenvalue weighted by atomic mass is 16.5. The monoisotopic (exact) mass is 233 g/mol. The average molecular weight is 233 g/mol. The Morgan fingerprint density at radius 3 is 2.88 bits per heavy atom. The van der Waals surface area contributed by atoms with Gasteiger partial charge in [-0.1, -0.05) is 12.1 Å². The zero-order valence-corrected chi connectivity index (χ0v) is 9.82. The van der Waals surface area contributed by atoms with Crippen molar-refractivity contribution in [3.05, 3.63) is 36.8 Å². The Balaban J connectivity index is 1.84. The minimum atomic E-state index is 0.0116. The van der Waals surface area contributed by atoms with Crippen LogP contribution in [0.25, 0.3) is 0 Å². The molecule has 0 saturated carbocycles. The third kappa shape index (κ3) is 3.84. The number of carbonyl (C=O) groups is 1. The van der Waals surface area contributed by atoms with Gasteiger partial charge in [-0.25, -0.2) is 0 Å². The number of nitrogens with zero attached hydrogens (tertiary/aromatic N) is 1. The number of carbonyl (C=O) groups excluding carboxylic acids is 1. The van der Waals surface area contributed by atoms with Crippen molar-refractivity contribution >= 4 is 11.6 Å². The molecule has 0 unspecified atom stereocenters. The number of benzene rings is 1. The van der Waals surface area contributed by atoms with Gasteiger partial charge in [-0.3, -0.25) is 9.69 Å². The number of nitrogens with one attached hydrogen (secondary N) is 1. The molecule has 1 aliphatic rings. The zero-order chi connectivity index (χ0) is 12.1. The van der Waals surface area contributed by atoms with Crippen LogP contribution in [0.5, 0.6) is 0 Å². The number of hydrogen-bond acceptors (Lipinski definition) is 3. The summed E-state index contributed by atoms with van der Waals surface area (Å²) in [6.45, 7) is 7.31. The molecule has 17 heavy (non-hydrogen) atoms. The Morgan fingerprint density at radius 2 is 2.18 bits per heavy atom. The van der Waals surface area contributed by atoms with Gasteiger partial charge in [-0.05, 0) is 24.6 Å². The van der Waals surface area contributed by atoms with Crippen LogP contribution in [-0.2, 0) is 9.53 Å². The van der Waals surface area contributed by atoms with Crippen LogP contribution in [0.1, 0.15) is 5.56 Å². The Labute approximate surface area is 102 Å². The molecule has 2 rings (SSSR count). The van der Waals surface area contributed by atoms with Crippen molar-refractivity contribution in [1.82, 2.24) is 4.90 Å². The number of anilines is 1. The summed E-state index contributed by atoms with van der Waals surface area (Å²) in [7, 11) is 0. The van der Waals surface area contributed by atoms with Gasteiger partial charge in [0.2, 0.25) is 5.91 Å². The number of amides is 1. The molecular weight excluding hydrogens is 216 g/mol. The summed E-state index contributed by atoms with van der Waals surface area (Å²) in [5, 5.41) is 2.87. The predicted octanol–water partition coefficient (Wildman–Crippen LogP) is 1.14. The van der Waals surface area contributed by atoms with E-state index in [1.54, 1.807) is 0 Å². The molecule has 1 radical (unpaired) electrons. The summed E-state index contributed by atoms with van der Waals surface area (Å²) in [6, 6.07) is 7.51. The molecule has 1 saturated heterocycles. The SMILES string of the molecule is [CH2]c1cccc(NC(=O)CN2CCOCC2)c1. The van der Waals surface area contributed by atoms with Gasteiger partial charge in [0.1, 0.15) is 0 Å². The molecule has 1 aromatic carbocycles. The number of ether oxygens (including phenoxy) is 1. The van der Waals surface area contributed by atoms with Crippen molar-refractivity contribution in [3.8, 4) is 0 Å². The van der Waals surface area contributed by atoms with Gasteiger partial charge in [0, 0.05) is 18.8 Å². The van der Waals surface area contributed by atoms with E-state index in [-0.39, 0.29) is 5.91 Å². The molecule has 1 heterocycles. The third-order valence-electron chi connectivity index (χ3n) is 2.68. The van der Waals surface area contributed by atoms with E-state index in [2.05, 4.69) is 17.1 Å². The lowest BCUT2D eigenvalue weighted by molar-refractivity contribution is -0.118. The highest BCUT2D eigenvalue weighted by molar-refractivity contribution is 5.92. The average Bonchev–Trinajstić information content (AvgIpc) is 2.30. The fourth-order valence-corrected chi connectivity index (χ4v) is 1.81. The van der Waals surface area contributed by atoms with Crippen molar-refractivity contribution < 1.29 is 9.53 Å². The minimum Gasteiger partial charge on any atom is -0.379 e. The Hall–Kier alpha value is -1.39. The maximum absolute atomic E-state index is 11.8. The van der Waals surface area contributed by atoms with Crippen LogP contribution in [0.4, 0.5) is 5.69 Å². The third-order valence-corrected chi connectivity index (χ3v) is 2.68. The van der Waals surface area contributed by atoms with E-state index in [0.29, 0.717) is 19.8 Å². The molecule has 0 aliphatic carbocycles. The largest absolute Gasteiger partial charge is 0.379 e. The van der Waals surface area contributed by atoms with Gasteiger partial charge in [-0.2, -0.15) is 0 Å². The summed E-state index contributed by atoms with van der Waals surface area (Å²) in [5.41, 5.74) is 1.70. The maximum Gasteiger partial charge on any atom is 0.238 e. The highest BCUT2D eigenvalue weighted by Gasteiger charge is 2.13. The highest BCUT2D eigenvalue weighted by Crippen LogP contribution is 2.09. The Morgan fingerprint density at radius 1 is 1.41 bits per heavy atom. The second kappa shape index (κ2) is 5.80. The Bertz CT molecular complexity index is 387. The molecule has 0 bridgehead atoms. The van der Waals surface area contributed by atoms with E-state index in [1.807, 2.05) is 24.3 Å². The van der Waals surface area contributed by atoms with Gasteiger partial charge in [-0.15, -0.1) is 0 Å². The maximum atomic E-state index is 11.8. The van der Waals surface area contributed by atoms with Crippen LogP contribution in [0.3, 0.4) is 0 Å². The van der Waals surface area contributed by atoms with Crippen molar-refractivity contribution in [2.24, 2.45) is 0 Å².